The summed E-state index contributed by atoms with van der Waals surface area (Å²) < 4.78 is 10.3. The number of methoxy groups -OCH3 is 2. The van der Waals surface area contributed by atoms with Crippen molar-refractivity contribution in [2.45, 2.75) is 0 Å². The van der Waals surface area contributed by atoms with E-state index in [1.165, 1.54) is 12.2 Å². The maximum atomic E-state index is 11.4. The fraction of sp³-hybridized carbons (Fsp3) is 0.133. The number of allylic oxidation sites excluding steroid dienone is 3. The van der Waals surface area contributed by atoms with Crippen molar-refractivity contribution < 1.29 is 19.4 Å². The fourth-order valence-corrected chi connectivity index (χ4v) is 1.39. The van der Waals surface area contributed by atoms with Crippen molar-refractivity contribution in [1.29, 1.82) is 0 Å². The van der Waals surface area contributed by atoms with Gasteiger partial charge in [0.05, 0.1) is 14.2 Å². The molecule has 100 valence electrons. The van der Waals surface area contributed by atoms with E-state index >= 15 is 0 Å². The van der Waals surface area contributed by atoms with E-state index in [-0.39, 0.29) is 11.5 Å². The van der Waals surface area contributed by atoms with Crippen LogP contribution in [0.4, 0.5) is 0 Å². The first kappa shape index (κ1) is 14.6. The van der Waals surface area contributed by atoms with Crippen LogP contribution in [-0.2, 0) is 4.79 Å². The Balaban J connectivity index is 2.88. The highest BCUT2D eigenvalue weighted by Gasteiger charge is 2.02. The van der Waals surface area contributed by atoms with Crippen molar-refractivity contribution in [3.63, 3.8) is 0 Å². The van der Waals surface area contributed by atoms with Crippen molar-refractivity contribution in [2.75, 3.05) is 14.2 Å². The van der Waals surface area contributed by atoms with Crippen LogP contribution in [0.3, 0.4) is 0 Å². The van der Waals surface area contributed by atoms with Gasteiger partial charge < -0.3 is 14.6 Å². The zero-order chi connectivity index (χ0) is 14.3. The van der Waals surface area contributed by atoms with Crippen molar-refractivity contribution in [3.05, 3.63) is 54.3 Å². The summed E-state index contributed by atoms with van der Waals surface area (Å²) in [5.41, 5.74) is 0.789. The van der Waals surface area contributed by atoms with Crippen LogP contribution < -0.4 is 9.47 Å². The summed E-state index contributed by atoms with van der Waals surface area (Å²) in [6.07, 6.45) is 5.25. The van der Waals surface area contributed by atoms with Crippen LogP contribution in [0.2, 0.25) is 0 Å². The third-order valence-electron chi connectivity index (χ3n) is 2.35. The van der Waals surface area contributed by atoms with Crippen LogP contribution in [0.5, 0.6) is 11.5 Å². The van der Waals surface area contributed by atoms with Crippen molar-refractivity contribution in [1.82, 2.24) is 0 Å². The van der Waals surface area contributed by atoms with Gasteiger partial charge in [-0.1, -0.05) is 18.7 Å². The molecule has 1 N–H and O–H groups in total. The Labute approximate surface area is 112 Å². The molecule has 0 amide bonds. The summed E-state index contributed by atoms with van der Waals surface area (Å²) in [6, 6.07) is 5.29. The second-order valence-corrected chi connectivity index (χ2v) is 3.62. The predicted octanol–water partition coefficient (Wildman–Crippen LogP) is 2.91. The van der Waals surface area contributed by atoms with E-state index in [4.69, 9.17) is 14.6 Å². The number of rotatable bonds is 6. The van der Waals surface area contributed by atoms with Gasteiger partial charge in [0.2, 0.25) is 0 Å². The fourth-order valence-electron chi connectivity index (χ4n) is 1.39. The van der Waals surface area contributed by atoms with Gasteiger partial charge >= 0.3 is 0 Å². The number of carbonyl (C=O) groups excluding carboxylic acids is 1. The van der Waals surface area contributed by atoms with Crippen LogP contribution in [0.15, 0.2) is 48.8 Å². The van der Waals surface area contributed by atoms with Gasteiger partial charge in [0.25, 0.3) is 0 Å². The lowest BCUT2D eigenvalue weighted by atomic mass is 10.1. The molecule has 0 aliphatic heterocycles. The summed E-state index contributed by atoms with van der Waals surface area (Å²) >= 11 is 0. The van der Waals surface area contributed by atoms with Crippen LogP contribution in [0.1, 0.15) is 5.56 Å². The van der Waals surface area contributed by atoms with Gasteiger partial charge in [-0.15, -0.1) is 0 Å². The number of ketones is 1. The first-order chi connectivity index (χ1) is 9.10. The monoisotopic (exact) mass is 260 g/mol. The number of benzene rings is 1. The Hall–Kier alpha value is -2.49. The Kier molecular flexibility index (Phi) is 5.41. The molecule has 1 rings (SSSR count). The second-order valence-electron chi connectivity index (χ2n) is 3.62. The molecule has 0 aliphatic carbocycles. The highest BCUT2D eigenvalue weighted by molar-refractivity contribution is 6.02. The quantitative estimate of drug-likeness (QED) is 0.485. The van der Waals surface area contributed by atoms with Crippen LogP contribution in [0.25, 0.3) is 6.08 Å². The van der Waals surface area contributed by atoms with Gasteiger partial charge in [-0.3, -0.25) is 4.79 Å². The third-order valence-corrected chi connectivity index (χ3v) is 2.35. The Morgan fingerprint density at radius 2 is 1.95 bits per heavy atom. The first-order valence-electron chi connectivity index (χ1n) is 5.58. The minimum Gasteiger partial charge on any atom is -0.508 e. The van der Waals surface area contributed by atoms with E-state index in [1.807, 2.05) is 0 Å². The zero-order valence-corrected chi connectivity index (χ0v) is 10.9. The molecule has 4 heteroatoms. The maximum Gasteiger partial charge on any atom is 0.182 e. The molecule has 0 aliphatic rings. The highest BCUT2D eigenvalue weighted by Crippen LogP contribution is 2.27. The number of hydrogen-bond acceptors (Lipinski definition) is 4. The van der Waals surface area contributed by atoms with E-state index in [9.17, 15) is 4.79 Å². The molecule has 0 unspecified atom stereocenters. The normalized spacial score (nSPS) is 11.4. The molecular formula is C15H16O4. The molecule has 0 aromatic heterocycles. The second kappa shape index (κ2) is 7.06. The zero-order valence-electron chi connectivity index (χ0n) is 10.9. The molecule has 0 fully saturated rings. The van der Waals surface area contributed by atoms with Crippen molar-refractivity contribution in [2.24, 2.45) is 0 Å². The summed E-state index contributed by atoms with van der Waals surface area (Å²) in [7, 11) is 3.10. The Morgan fingerprint density at radius 1 is 1.26 bits per heavy atom. The van der Waals surface area contributed by atoms with E-state index in [2.05, 4.69) is 6.58 Å². The summed E-state index contributed by atoms with van der Waals surface area (Å²) in [5.74, 6) is 0.714. The molecule has 19 heavy (non-hydrogen) atoms. The highest BCUT2D eigenvalue weighted by atomic mass is 16.5. The molecule has 1 aromatic carbocycles. The molecule has 0 saturated heterocycles. The van der Waals surface area contributed by atoms with Gasteiger partial charge in [0, 0.05) is 6.08 Å². The van der Waals surface area contributed by atoms with Gasteiger partial charge in [0.1, 0.15) is 5.76 Å². The molecule has 0 heterocycles. The molecule has 0 spiro atoms. The molecule has 0 bridgehead atoms. The van der Waals surface area contributed by atoms with E-state index in [1.54, 1.807) is 38.5 Å². The van der Waals surface area contributed by atoms with Crippen LogP contribution >= 0.6 is 0 Å². The maximum absolute atomic E-state index is 11.4. The largest absolute Gasteiger partial charge is 0.508 e. The predicted molar refractivity (Wildman–Crippen MR) is 74.5 cm³/mol. The Morgan fingerprint density at radius 3 is 2.53 bits per heavy atom. The van der Waals surface area contributed by atoms with E-state index in [0.717, 1.165) is 11.6 Å². The van der Waals surface area contributed by atoms with Gasteiger partial charge in [0.15, 0.2) is 17.3 Å². The van der Waals surface area contributed by atoms with Gasteiger partial charge in [-0.05, 0) is 29.8 Å². The summed E-state index contributed by atoms with van der Waals surface area (Å²) in [5, 5.41) is 9.13. The Bertz CT molecular complexity index is 527. The number of ether oxygens (including phenoxy) is 2. The van der Waals surface area contributed by atoms with E-state index < -0.39 is 0 Å². The van der Waals surface area contributed by atoms with Gasteiger partial charge in [-0.2, -0.15) is 0 Å². The van der Waals surface area contributed by atoms with Crippen LogP contribution in [-0.4, -0.2) is 25.1 Å². The molecule has 1 aromatic rings. The average molecular weight is 260 g/mol. The summed E-state index contributed by atoms with van der Waals surface area (Å²) in [4.78, 5) is 11.4. The lowest BCUT2D eigenvalue weighted by Crippen LogP contribution is -1.91. The minimum atomic E-state index is -0.327. The summed E-state index contributed by atoms with van der Waals surface area (Å²) in [6.45, 7) is 3.35. The van der Waals surface area contributed by atoms with Crippen molar-refractivity contribution >= 4 is 11.9 Å². The lowest BCUT2D eigenvalue weighted by Gasteiger charge is -2.07. The smallest absolute Gasteiger partial charge is 0.182 e. The molecule has 0 radical (unpaired) electrons. The van der Waals surface area contributed by atoms with E-state index in [0.29, 0.717) is 11.5 Å². The molecular weight excluding hydrogens is 244 g/mol. The number of carbonyl (C=O) groups is 1. The number of hydrogen-bond donors (Lipinski definition) is 1. The van der Waals surface area contributed by atoms with Gasteiger partial charge in [-0.25, -0.2) is 0 Å². The molecule has 4 nitrogen and oxygen atoms in total. The SMILES string of the molecule is C=C/C(O)=C/C(=O)/C=C/c1ccc(OC)c(OC)c1. The molecule has 0 saturated carbocycles. The average Bonchev–Trinajstić information content (AvgIpc) is 2.44. The molecule has 0 atom stereocenters. The standard InChI is InChI=1S/C15H16O4/c1-4-12(16)10-13(17)7-5-11-6-8-14(18-2)15(9-11)19-3/h4-10,16H,1H2,2-3H3/b7-5+,12-10-. The topological polar surface area (TPSA) is 55.8 Å². The third kappa shape index (κ3) is 4.35. The first-order valence-corrected chi connectivity index (χ1v) is 5.58. The number of aliphatic hydroxyl groups is 1. The minimum absolute atomic E-state index is 0.165. The van der Waals surface area contributed by atoms with Crippen LogP contribution in [0, 0.1) is 0 Å². The number of aliphatic hydroxyl groups excluding tert-OH is 1. The lowest BCUT2D eigenvalue weighted by molar-refractivity contribution is -0.110. The van der Waals surface area contributed by atoms with Crippen molar-refractivity contribution in [3.8, 4) is 11.5 Å².